The van der Waals surface area contributed by atoms with Crippen molar-refractivity contribution in [3.05, 3.63) is 35.5 Å². The van der Waals surface area contributed by atoms with Crippen molar-refractivity contribution in [3.8, 4) is 0 Å². The molecule has 3 N–H and O–H groups in total. The molecule has 3 heterocycles. The number of benzene rings is 1. The van der Waals surface area contributed by atoms with Crippen LogP contribution in [-0.4, -0.2) is 62.1 Å². The first-order chi connectivity index (χ1) is 12.6. The highest BCUT2D eigenvalue weighted by Gasteiger charge is 2.30. The number of nitrogens with one attached hydrogen (secondary N) is 3. The number of hydrogen-bond acceptors (Lipinski definition) is 5. The molecular formula is C19H25N5O2. The highest BCUT2D eigenvalue weighted by Crippen LogP contribution is 2.31. The Balaban J connectivity index is 1.64. The van der Waals surface area contributed by atoms with Gasteiger partial charge in [-0.2, -0.15) is 0 Å². The molecule has 0 aliphatic carbocycles. The van der Waals surface area contributed by atoms with Gasteiger partial charge in [-0.15, -0.1) is 0 Å². The summed E-state index contributed by atoms with van der Waals surface area (Å²) in [5, 5.41) is 15.9. The fourth-order valence-electron chi connectivity index (χ4n) is 3.65. The van der Waals surface area contributed by atoms with Gasteiger partial charge in [0.2, 0.25) is 5.91 Å². The predicted molar refractivity (Wildman–Crippen MR) is 102 cm³/mol. The molecule has 4 rings (SSSR count). The number of hydrogen-bond donors (Lipinski definition) is 3. The van der Waals surface area contributed by atoms with E-state index in [1.807, 2.05) is 34.1 Å². The molecule has 1 aromatic carbocycles. The number of amides is 1. The number of ether oxygens (including phenoxy) is 1. The molecular weight excluding hydrogens is 330 g/mol. The number of fused-ring (bicyclic) bond motifs is 1. The maximum Gasteiger partial charge on any atom is 0.219 e. The molecule has 3 aliphatic rings. The van der Waals surface area contributed by atoms with Gasteiger partial charge >= 0.3 is 0 Å². The number of carbonyl (C=O) groups is 1. The van der Waals surface area contributed by atoms with Crippen molar-refractivity contribution < 1.29 is 9.53 Å². The summed E-state index contributed by atoms with van der Waals surface area (Å²) in [5.41, 5.74) is 4.06. The summed E-state index contributed by atoms with van der Waals surface area (Å²) in [6.07, 6.45) is 0.752. The lowest BCUT2D eigenvalue weighted by Gasteiger charge is -2.38. The molecule has 0 saturated carbocycles. The van der Waals surface area contributed by atoms with Crippen LogP contribution >= 0.6 is 0 Å². The minimum Gasteiger partial charge on any atom is -0.382 e. The molecule has 1 fully saturated rings. The third kappa shape index (κ3) is 3.14. The zero-order chi connectivity index (χ0) is 18.1. The van der Waals surface area contributed by atoms with Gasteiger partial charge < -0.3 is 25.2 Å². The topological polar surface area (TPSA) is 80.7 Å². The molecule has 138 valence electrons. The largest absolute Gasteiger partial charge is 0.382 e. The molecule has 7 nitrogen and oxygen atoms in total. The Bertz CT molecular complexity index is 756. The number of nitrogens with zero attached hydrogens (tertiary/aromatic N) is 2. The van der Waals surface area contributed by atoms with E-state index in [1.54, 1.807) is 6.92 Å². The van der Waals surface area contributed by atoms with Crippen LogP contribution in [0.2, 0.25) is 0 Å². The standard InChI is InChI=1S/C19H25N5O2/c1-13(25)23-8-6-16(22-14-11-26-12-14)15(10-23)19(20)24-9-7-21-17-4-2-3-5-18(17)24/h2-5,14,20-22H,6-12H2,1H3. The van der Waals surface area contributed by atoms with Crippen molar-refractivity contribution in [3.63, 3.8) is 0 Å². The fraction of sp³-hybridized carbons (Fsp3) is 0.474. The normalized spacial score (nSPS) is 20.2. The highest BCUT2D eigenvalue weighted by molar-refractivity contribution is 6.10. The molecule has 0 unspecified atom stereocenters. The summed E-state index contributed by atoms with van der Waals surface area (Å²) in [4.78, 5) is 15.8. The first kappa shape index (κ1) is 16.9. The van der Waals surface area contributed by atoms with E-state index in [2.05, 4.69) is 10.6 Å². The Morgan fingerprint density at radius 3 is 2.85 bits per heavy atom. The van der Waals surface area contributed by atoms with Crippen molar-refractivity contribution in [2.75, 3.05) is 49.6 Å². The van der Waals surface area contributed by atoms with E-state index >= 15 is 0 Å². The molecule has 7 heteroatoms. The quantitative estimate of drug-likeness (QED) is 0.564. The molecule has 0 spiro atoms. The van der Waals surface area contributed by atoms with Crippen molar-refractivity contribution in [2.24, 2.45) is 0 Å². The predicted octanol–water partition coefficient (Wildman–Crippen LogP) is 1.39. The Kier molecular flexibility index (Phi) is 4.55. The van der Waals surface area contributed by atoms with Gasteiger partial charge in [-0.25, -0.2) is 0 Å². The van der Waals surface area contributed by atoms with E-state index in [1.165, 1.54) is 0 Å². The number of anilines is 2. The first-order valence-electron chi connectivity index (χ1n) is 9.14. The van der Waals surface area contributed by atoms with Crippen LogP contribution in [0, 0.1) is 5.41 Å². The first-order valence-corrected chi connectivity index (χ1v) is 9.14. The molecule has 1 saturated heterocycles. The fourth-order valence-corrected chi connectivity index (χ4v) is 3.65. The van der Waals surface area contributed by atoms with E-state index in [4.69, 9.17) is 10.1 Å². The summed E-state index contributed by atoms with van der Waals surface area (Å²) in [6.45, 7) is 5.71. The zero-order valence-corrected chi connectivity index (χ0v) is 15.0. The van der Waals surface area contributed by atoms with Crippen molar-refractivity contribution >= 4 is 23.1 Å². The molecule has 3 aliphatic heterocycles. The van der Waals surface area contributed by atoms with Crippen molar-refractivity contribution in [1.29, 1.82) is 5.41 Å². The van der Waals surface area contributed by atoms with Gasteiger partial charge in [-0.1, -0.05) is 12.1 Å². The Labute approximate surface area is 153 Å². The summed E-state index contributed by atoms with van der Waals surface area (Å²) < 4.78 is 5.27. The van der Waals surface area contributed by atoms with Gasteiger partial charge in [-0.3, -0.25) is 10.2 Å². The van der Waals surface area contributed by atoms with Crippen LogP contribution in [0.3, 0.4) is 0 Å². The SMILES string of the molecule is CC(=O)N1CCC(NC2COC2)=C(C(=N)N2CCNc3ccccc32)C1. The van der Waals surface area contributed by atoms with Gasteiger partial charge in [0.25, 0.3) is 0 Å². The Hall–Kier alpha value is -2.54. The molecule has 1 aromatic rings. The molecule has 0 bridgehead atoms. The maximum absolute atomic E-state index is 11.9. The third-order valence-electron chi connectivity index (χ3n) is 5.21. The molecule has 1 amide bonds. The average Bonchev–Trinajstić information content (AvgIpc) is 2.63. The van der Waals surface area contributed by atoms with E-state index in [0.717, 1.165) is 42.2 Å². The monoisotopic (exact) mass is 355 g/mol. The van der Waals surface area contributed by atoms with Crippen molar-refractivity contribution in [1.82, 2.24) is 10.2 Å². The highest BCUT2D eigenvalue weighted by atomic mass is 16.5. The average molecular weight is 355 g/mol. The summed E-state index contributed by atoms with van der Waals surface area (Å²) in [5.74, 6) is 0.537. The number of amidine groups is 1. The Morgan fingerprint density at radius 1 is 1.31 bits per heavy atom. The minimum absolute atomic E-state index is 0.0574. The molecule has 26 heavy (non-hydrogen) atoms. The molecule has 0 atom stereocenters. The van der Waals surface area contributed by atoms with E-state index in [-0.39, 0.29) is 5.91 Å². The lowest BCUT2D eigenvalue weighted by atomic mass is 10.0. The van der Waals surface area contributed by atoms with Crippen LogP contribution in [0.15, 0.2) is 35.5 Å². The second kappa shape index (κ2) is 6.99. The van der Waals surface area contributed by atoms with Crippen LogP contribution in [-0.2, 0) is 9.53 Å². The van der Waals surface area contributed by atoms with Gasteiger partial charge in [0.15, 0.2) is 0 Å². The maximum atomic E-state index is 11.9. The second-order valence-corrected chi connectivity index (χ2v) is 6.97. The van der Waals surface area contributed by atoms with E-state index < -0.39 is 0 Å². The third-order valence-corrected chi connectivity index (χ3v) is 5.21. The van der Waals surface area contributed by atoms with Crippen LogP contribution < -0.4 is 15.5 Å². The van der Waals surface area contributed by atoms with Crippen LogP contribution in [0.5, 0.6) is 0 Å². The summed E-state index contributed by atoms with van der Waals surface area (Å²) >= 11 is 0. The lowest BCUT2D eigenvalue weighted by molar-refractivity contribution is -0.128. The van der Waals surface area contributed by atoms with E-state index in [0.29, 0.717) is 38.2 Å². The number of carbonyl (C=O) groups excluding carboxylic acids is 1. The van der Waals surface area contributed by atoms with Crippen LogP contribution in [0.1, 0.15) is 13.3 Å². The van der Waals surface area contributed by atoms with Gasteiger partial charge in [0, 0.05) is 44.2 Å². The van der Waals surface area contributed by atoms with Crippen molar-refractivity contribution in [2.45, 2.75) is 19.4 Å². The van der Waals surface area contributed by atoms with Gasteiger partial charge in [0.1, 0.15) is 5.84 Å². The zero-order valence-electron chi connectivity index (χ0n) is 15.0. The summed E-state index contributed by atoms with van der Waals surface area (Å²) in [7, 11) is 0. The minimum atomic E-state index is 0.0574. The van der Waals surface area contributed by atoms with Gasteiger partial charge in [0.05, 0.1) is 37.2 Å². The number of rotatable bonds is 3. The smallest absolute Gasteiger partial charge is 0.219 e. The molecule has 0 aromatic heterocycles. The molecule has 0 radical (unpaired) electrons. The van der Waals surface area contributed by atoms with Crippen LogP contribution in [0.25, 0.3) is 0 Å². The lowest BCUT2D eigenvalue weighted by Crippen LogP contribution is -2.50. The van der Waals surface area contributed by atoms with E-state index in [9.17, 15) is 4.79 Å². The summed E-state index contributed by atoms with van der Waals surface area (Å²) in [6, 6.07) is 8.38. The number of para-hydroxylation sites is 2. The van der Waals surface area contributed by atoms with Crippen LogP contribution in [0.4, 0.5) is 11.4 Å². The Morgan fingerprint density at radius 2 is 2.12 bits per heavy atom. The second-order valence-electron chi connectivity index (χ2n) is 6.97. The van der Waals surface area contributed by atoms with Gasteiger partial charge in [-0.05, 0) is 12.1 Å².